The quantitative estimate of drug-likeness (QED) is 0.338. The van der Waals surface area contributed by atoms with Crippen molar-refractivity contribution in [1.82, 2.24) is 19.6 Å². The molecule has 6 nitrogen and oxygen atoms in total. The molecule has 0 saturated carbocycles. The van der Waals surface area contributed by atoms with Gasteiger partial charge >= 0.3 is 0 Å². The highest BCUT2D eigenvalue weighted by molar-refractivity contribution is 7.99. The third kappa shape index (κ3) is 4.63. The van der Waals surface area contributed by atoms with Crippen LogP contribution < -0.4 is 4.74 Å². The molecule has 0 atom stereocenters. The van der Waals surface area contributed by atoms with Gasteiger partial charge in [0.1, 0.15) is 12.4 Å². The molecule has 2 heterocycles. The normalized spacial score (nSPS) is 11.0. The fourth-order valence-corrected chi connectivity index (χ4v) is 3.61. The van der Waals surface area contributed by atoms with Crippen LogP contribution in [0.4, 0.5) is 0 Å². The number of carbonyl (C=O) groups is 1. The van der Waals surface area contributed by atoms with E-state index >= 15 is 0 Å². The van der Waals surface area contributed by atoms with E-state index in [4.69, 9.17) is 4.74 Å². The average molecular weight is 404 g/mol. The van der Waals surface area contributed by atoms with Gasteiger partial charge in [-0.2, -0.15) is 4.98 Å². The summed E-state index contributed by atoms with van der Waals surface area (Å²) in [6, 6.07) is 19.1. The lowest BCUT2D eigenvalue weighted by molar-refractivity contribution is 0.102. The Morgan fingerprint density at radius 1 is 1.03 bits per heavy atom. The molecular weight excluding hydrogens is 384 g/mol. The Bertz CT molecular complexity index is 1140. The molecule has 0 saturated heterocycles. The lowest BCUT2D eigenvalue weighted by Crippen LogP contribution is -2.03. The smallest absolute Gasteiger partial charge is 0.253 e. The molecule has 0 radical (unpaired) electrons. The summed E-state index contributed by atoms with van der Waals surface area (Å²) in [5.41, 5.74) is 3.59. The number of benzene rings is 2. The summed E-state index contributed by atoms with van der Waals surface area (Å²) in [7, 11) is 0. The zero-order valence-electron chi connectivity index (χ0n) is 16.2. The Kier molecular flexibility index (Phi) is 5.57. The minimum absolute atomic E-state index is 0.0179. The number of ether oxygens (including phenoxy) is 1. The Labute approximate surface area is 173 Å². The Hall–Kier alpha value is -3.19. The second-order valence-corrected chi connectivity index (χ2v) is 7.60. The summed E-state index contributed by atoms with van der Waals surface area (Å²) in [5, 5.41) is 4.96. The second kappa shape index (κ2) is 8.45. The van der Waals surface area contributed by atoms with Crippen LogP contribution >= 0.6 is 11.8 Å². The van der Waals surface area contributed by atoms with E-state index in [2.05, 4.69) is 15.1 Å². The zero-order valence-corrected chi connectivity index (χ0v) is 17.0. The first-order valence-corrected chi connectivity index (χ1v) is 10.2. The first kappa shape index (κ1) is 19.1. The first-order chi connectivity index (χ1) is 14.1. The van der Waals surface area contributed by atoms with Gasteiger partial charge in [-0.05, 0) is 49.7 Å². The molecule has 7 heteroatoms. The van der Waals surface area contributed by atoms with Crippen LogP contribution in [0.25, 0.3) is 5.78 Å². The summed E-state index contributed by atoms with van der Waals surface area (Å²) in [5.74, 6) is 1.57. The number of aromatic nitrogens is 4. The summed E-state index contributed by atoms with van der Waals surface area (Å²) in [6.07, 6.45) is 0. The van der Waals surface area contributed by atoms with Crippen LogP contribution in [-0.2, 0) is 6.61 Å². The van der Waals surface area contributed by atoms with Gasteiger partial charge in [-0.1, -0.05) is 42.1 Å². The van der Waals surface area contributed by atoms with Crippen molar-refractivity contribution in [3.05, 3.63) is 83.2 Å². The molecule has 2 aromatic heterocycles. The monoisotopic (exact) mass is 404 g/mol. The van der Waals surface area contributed by atoms with Gasteiger partial charge in [-0.25, -0.2) is 9.50 Å². The van der Waals surface area contributed by atoms with E-state index in [-0.39, 0.29) is 11.5 Å². The van der Waals surface area contributed by atoms with Crippen molar-refractivity contribution in [2.24, 2.45) is 0 Å². The highest BCUT2D eigenvalue weighted by atomic mass is 32.2. The molecule has 29 heavy (non-hydrogen) atoms. The minimum Gasteiger partial charge on any atom is -0.489 e. The molecular formula is C22H20N4O2S. The van der Waals surface area contributed by atoms with Gasteiger partial charge in [0, 0.05) is 17.0 Å². The van der Waals surface area contributed by atoms with Crippen LogP contribution in [0, 0.1) is 13.8 Å². The van der Waals surface area contributed by atoms with Gasteiger partial charge in [0.25, 0.3) is 5.78 Å². The molecule has 4 rings (SSSR count). The van der Waals surface area contributed by atoms with Gasteiger partial charge < -0.3 is 4.74 Å². The van der Waals surface area contributed by atoms with Crippen molar-refractivity contribution >= 4 is 23.3 Å². The van der Waals surface area contributed by atoms with E-state index in [1.165, 1.54) is 11.8 Å². The molecule has 2 aromatic carbocycles. The number of hydrogen-bond acceptors (Lipinski definition) is 6. The number of thioether (sulfide) groups is 1. The van der Waals surface area contributed by atoms with E-state index in [0.717, 1.165) is 22.7 Å². The number of ketones is 1. The minimum atomic E-state index is 0.0179. The molecule has 0 N–H and O–H groups in total. The Morgan fingerprint density at radius 3 is 2.55 bits per heavy atom. The number of rotatable bonds is 7. The summed E-state index contributed by atoms with van der Waals surface area (Å²) < 4.78 is 7.46. The molecule has 0 aliphatic heterocycles. The van der Waals surface area contributed by atoms with Gasteiger partial charge in [0.2, 0.25) is 5.16 Å². The van der Waals surface area contributed by atoms with Crippen LogP contribution in [0.15, 0.2) is 65.8 Å². The number of Topliss-reactive ketones (excluding diaryl/α,β-unsaturated/α-hetero) is 1. The molecule has 146 valence electrons. The maximum atomic E-state index is 12.5. The van der Waals surface area contributed by atoms with Gasteiger partial charge in [0.05, 0.1) is 5.75 Å². The van der Waals surface area contributed by atoms with E-state index in [1.807, 2.05) is 62.4 Å². The molecule has 0 bridgehead atoms. The molecule has 0 aliphatic carbocycles. The predicted octanol–water partition coefficient (Wildman–Crippen LogP) is 4.30. The van der Waals surface area contributed by atoms with Crippen LogP contribution in [0.2, 0.25) is 0 Å². The van der Waals surface area contributed by atoms with Crippen molar-refractivity contribution in [2.75, 3.05) is 5.75 Å². The van der Waals surface area contributed by atoms with Crippen molar-refractivity contribution in [3.8, 4) is 5.75 Å². The summed E-state index contributed by atoms with van der Waals surface area (Å²) in [6.45, 7) is 4.37. The SMILES string of the molecule is Cc1cc(C)n2nc(SCC(=O)c3ccc(OCc4ccccc4)cc3)nc2n1. The molecule has 0 unspecified atom stereocenters. The van der Waals surface area contributed by atoms with Crippen LogP contribution in [0.1, 0.15) is 27.3 Å². The van der Waals surface area contributed by atoms with E-state index in [9.17, 15) is 4.79 Å². The topological polar surface area (TPSA) is 69.4 Å². The number of hydrogen-bond donors (Lipinski definition) is 0. The molecule has 0 aliphatic rings. The van der Waals surface area contributed by atoms with E-state index in [1.54, 1.807) is 16.6 Å². The molecule has 4 aromatic rings. The average Bonchev–Trinajstić information content (AvgIpc) is 3.15. The Balaban J connectivity index is 1.35. The summed E-state index contributed by atoms with van der Waals surface area (Å²) >= 11 is 1.31. The number of aryl methyl sites for hydroxylation is 2. The molecule has 0 amide bonds. The maximum absolute atomic E-state index is 12.5. The third-order valence-electron chi connectivity index (χ3n) is 4.36. The summed E-state index contributed by atoms with van der Waals surface area (Å²) in [4.78, 5) is 21.3. The highest BCUT2D eigenvalue weighted by Crippen LogP contribution is 2.19. The fraction of sp³-hybridized carbons (Fsp3) is 0.182. The number of carbonyl (C=O) groups excluding carboxylic acids is 1. The predicted molar refractivity (Wildman–Crippen MR) is 113 cm³/mol. The van der Waals surface area contributed by atoms with Gasteiger partial charge in [-0.15, -0.1) is 5.10 Å². The van der Waals surface area contributed by atoms with E-state index in [0.29, 0.717) is 23.1 Å². The maximum Gasteiger partial charge on any atom is 0.253 e. The number of fused-ring (bicyclic) bond motifs is 1. The van der Waals surface area contributed by atoms with Crippen molar-refractivity contribution < 1.29 is 9.53 Å². The van der Waals surface area contributed by atoms with Crippen molar-refractivity contribution in [2.45, 2.75) is 25.6 Å². The first-order valence-electron chi connectivity index (χ1n) is 9.22. The largest absolute Gasteiger partial charge is 0.489 e. The van der Waals surface area contributed by atoms with Crippen LogP contribution in [0.5, 0.6) is 5.75 Å². The van der Waals surface area contributed by atoms with Crippen molar-refractivity contribution in [3.63, 3.8) is 0 Å². The Morgan fingerprint density at radius 2 is 1.79 bits per heavy atom. The second-order valence-electron chi connectivity index (χ2n) is 6.66. The molecule has 0 spiro atoms. The van der Waals surface area contributed by atoms with Crippen LogP contribution in [-0.4, -0.2) is 31.1 Å². The van der Waals surface area contributed by atoms with E-state index < -0.39 is 0 Å². The van der Waals surface area contributed by atoms with Gasteiger partial charge in [0.15, 0.2) is 5.78 Å². The standard InChI is InChI=1S/C22H20N4O2S/c1-15-12-16(2)26-21(23-15)24-22(25-26)29-14-20(27)18-8-10-19(11-9-18)28-13-17-6-4-3-5-7-17/h3-12H,13-14H2,1-2H3. The molecule has 0 fully saturated rings. The number of nitrogens with zero attached hydrogens (tertiary/aromatic N) is 4. The van der Waals surface area contributed by atoms with Gasteiger partial charge in [-0.3, -0.25) is 4.79 Å². The lowest BCUT2D eigenvalue weighted by Gasteiger charge is -2.07. The van der Waals surface area contributed by atoms with Crippen molar-refractivity contribution in [1.29, 1.82) is 0 Å². The van der Waals surface area contributed by atoms with Crippen LogP contribution in [0.3, 0.4) is 0 Å². The zero-order chi connectivity index (χ0) is 20.2. The fourth-order valence-electron chi connectivity index (χ4n) is 2.90. The lowest BCUT2D eigenvalue weighted by atomic mass is 10.1. The highest BCUT2D eigenvalue weighted by Gasteiger charge is 2.12. The third-order valence-corrected chi connectivity index (χ3v) is 5.19.